The summed E-state index contributed by atoms with van der Waals surface area (Å²) in [6.07, 6.45) is 1.45. The Morgan fingerprint density at radius 1 is 1.12 bits per heavy atom. The Bertz CT molecular complexity index is 1500. The van der Waals surface area contributed by atoms with E-state index in [4.69, 9.17) is 13.9 Å². The van der Waals surface area contributed by atoms with Crippen LogP contribution in [-0.2, 0) is 15.7 Å². The molecule has 1 N–H and O–H groups in total. The summed E-state index contributed by atoms with van der Waals surface area (Å²) in [5, 5.41) is 2.65. The molecule has 0 aliphatic carbocycles. The van der Waals surface area contributed by atoms with E-state index in [1.54, 1.807) is 11.5 Å². The minimum absolute atomic E-state index is 0.00841. The summed E-state index contributed by atoms with van der Waals surface area (Å²) < 4.78 is 60.9. The number of fused-ring (bicyclic) bond motifs is 1. The number of methoxy groups -OCH3 is 1. The fourth-order valence-electron chi connectivity index (χ4n) is 4.21. The van der Waals surface area contributed by atoms with Gasteiger partial charge in [-0.3, -0.25) is 4.79 Å². The molecule has 0 bridgehead atoms. The number of anilines is 1. The van der Waals surface area contributed by atoms with Gasteiger partial charge in [-0.25, -0.2) is 18.0 Å². The van der Waals surface area contributed by atoms with E-state index < -0.39 is 42.9 Å². The van der Waals surface area contributed by atoms with Gasteiger partial charge in [-0.15, -0.1) is 0 Å². The maximum absolute atomic E-state index is 14.3. The van der Waals surface area contributed by atoms with Crippen molar-refractivity contribution in [2.75, 3.05) is 25.6 Å². The second-order valence-electron chi connectivity index (χ2n) is 12.0. The number of nitrogens with one attached hydrogen (secondary N) is 1. The van der Waals surface area contributed by atoms with Crippen molar-refractivity contribution in [3.63, 3.8) is 0 Å². The molecule has 12 heteroatoms. The Hall–Kier alpha value is -3.38. The van der Waals surface area contributed by atoms with Gasteiger partial charge in [-0.1, -0.05) is 34.6 Å². The van der Waals surface area contributed by atoms with Crippen molar-refractivity contribution >= 4 is 31.0 Å². The number of nitrogens with zero attached hydrogens (tertiary/aromatic N) is 2. The molecule has 0 spiro atoms. The van der Waals surface area contributed by atoms with Crippen LogP contribution in [0.1, 0.15) is 63.5 Å². The summed E-state index contributed by atoms with van der Waals surface area (Å²) in [4.78, 5) is 31.1. The molecule has 3 aromatic rings. The van der Waals surface area contributed by atoms with Gasteiger partial charge >= 0.3 is 5.97 Å². The number of hydrogen-bond donors (Lipinski definition) is 1. The Kier molecular flexibility index (Phi) is 10.1. The number of carbonyl (C=O) groups is 1. The average Bonchev–Trinajstić information content (AvgIpc) is 2.88. The molecular weight excluding hydrogens is 567 g/mol. The number of benzene rings is 1. The van der Waals surface area contributed by atoms with E-state index in [0.717, 1.165) is 0 Å². The first kappa shape index (κ1) is 33.1. The van der Waals surface area contributed by atoms with E-state index in [1.807, 2.05) is 13.8 Å². The summed E-state index contributed by atoms with van der Waals surface area (Å²) in [6, 6.07) is 2.27. The van der Waals surface area contributed by atoms with Crippen molar-refractivity contribution in [1.82, 2.24) is 9.55 Å². The quantitative estimate of drug-likeness (QED) is 0.189. The van der Waals surface area contributed by atoms with Crippen LogP contribution in [0.5, 0.6) is 5.88 Å². The van der Waals surface area contributed by atoms with Gasteiger partial charge in [0.1, 0.15) is 22.7 Å². The van der Waals surface area contributed by atoms with Gasteiger partial charge in [0.2, 0.25) is 11.3 Å². The number of aromatic nitrogens is 2. The van der Waals surface area contributed by atoms with Crippen molar-refractivity contribution < 1.29 is 31.9 Å². The zero-order chi connectivity index (χ0) is 31.6. The summed E-state index contributed by atoms with van der Waals surface area (Å²) in [7, 11) is -0.779. The van der Waals surface area contributed by atoms with E-state index in [0.29, 0.717) is 18.7 Å². The molecule has 0 aliphatic rings. The lowest BCUT2D eigenvalue weighted by Crippen LogP contribution is -2.42. The number of carbonyl (C=O) groups excluding carboxylic acids is 1. The molecule has 230 valence electrons. The van der Waals surface area contributed by atoms with Crippen LogP contribution in [0.15, 0.2) is 29.2 Å². The Labute approximate surface area is 245 Å². The SMILES string of the molecule is CCOC(=O)c1cn(C(CO[Si](C)(C)C(C)(C)C)C(C)C)c2nc(OC)c(CNc3c(F)cc(F)cc3F)cc2c1=O. The van der Waals surface area contributed by atoms with E-state index >= 15 is 0 Å². The zero-order valence-corrected chi connectivity index (χ0v) is 26.7. The molecule has 0 fully saturated rings. The lowest BCUT2D eigenvalue weighted by atomic mass is 10.0. The van der Waals surface area contributed by atoms with E-state index in [-0.39, 0.29) is 58.2 Å². The fraction of sp³-hybridized carbons (Fsp3) is 0.500. The van der Waals surface area contributed by atoms with Gasteiger partial charge in [0.05, 0.1) is 31.8 Å². The van der Waals surface area contributed by atoms with Crippen LogP contribution in [0.3, 0.4) is 0 Å². The summed E-state index contributed by atoms with van der Waals surface area (Å²) in [5.74, 6) is -3.96. The third-order valence-corrected chi connectivity index (χ3v) is 12.2. The molecule has 2 heterocycles. The number of pyridine rings is 2. The monoisotopic (exact) mass is 607 g/mol. The van der Waals surface area contributed by atoms with Crippen molar-refractivity contribution in [2.24, 2.45) is 5.92 Å². The van der Waals surface area contributed by atoms with Gasteiger partial charge in [0.15, 0.2) is 20.0 Å². The number of ether oxygens (including phenoxy) is 2. The van der Waals surface area contributed by atoms with Crippen molar-refractivity contribution in [1.29, 1.82) is 0 Å². The number of esters is 1. The van der Waals surface area contributed by atoms with E-state index in [2.05, 4.69) is 44.2 Å². The largest absolute Gasteiger partial charge is 0.481 e. The first-order chi connectivity index (χ1) is 19.5. The van der Waals surface area contributed by atoms with Gasteiger partial charge in [0, 0.05) is 30.4 Å². The average molecular weight is 608 g/mol. The third kappa shape index (κ3) is 6.97. The molecule has 3 rings (SSSR count). The molecule has 0 amide bonds. The highest BCUT2D eigenvalue weighted by Crippen LogP contribution is 2.38. The van der Waals surface area contributed by atoms with Gasteiger partial charge in [-0.2, -0.15) is 4.98 Å². The van der Waals surface area contributed by atoms with Crippen LogP contribution in [0.4, 0.5) is 18.9 Å². The van der Waals surface area contributed by atoms with Crippen LogP contribution < -0.4 is 15.5 Å². The zero-order valence-electron chi connectivity index (χ0n) is 25.7. The van der Waals surface area contributed by atoms with Gasteiger partial charge in [0.25, 0.3) is 0 Å². The highest BCUT2D eigenvalue weighted by molar-refractivity contribution is 6.74. The minimum Gasteiger partial charge on any atom is -0.481 e. The standard InChI is InChI=1S/C30H40F3N3O5Si/c1-10-40-29(38)21-15-36(24(17(2)3)16-41-42(8,9)30(4,5)6)27-20(26(21)37)11-18(28(35-27)39-7)14-34-25-22(32)12-19(31)13-23(25)33/h11-13,15,17,24,34H,10,14,16H2,1-9H3. The molecule has 1 aromatic carbocycles. The van der Waals surface area contributed by atoms with Gasteiger partial charge in [-0.05, 0) is 37.0 Å². The predicted octanol–water partition coefficient (Wildman–Crippen LogP) is 6.83. The third-order valence-electron chi connectivity index (χ3n) is 7.74. The van der Waals surface area contributed by atoms with Crippen LogP contribution in [0, 0.1) is 23.4 Å². The first-order valence-electron chi connectivity index (χ1n) is 13.8. The summed E-state index contributed by atoms with van der Waals surface area (Å²) in [5.41, 5.74) is -0.785. The highest BCUT2D eigenvalue weighted by atomic mass is 28.4. The Balaban J connectivity index is 2.20. The molecule has 0 saturated carbocycles. The lowest BCUT2D eigenvalue weighted by molar-refractivity contribution is 0.0523. The van der Waals surface area contributed by atoms with Crippen LogP contribution in [0.2, 0.25) is 18.1 Å². The number of halogens is 3. The molecule has 0 aliphatic heterocycles. The predicted molar refractivity (Wildman–Crippen MR) is 159 cm³/mol. The van der Waals surface area contributed by atoms with Crippen molar-refractivity contribution in [3.8, 4) is 5.88 Å². The van der Waals surface area contributed by atoms with Gasteiger partial charge < -0.3 is 23.8 Å². The number of rotatable bonds is 11. The normalized spacial score (nSPS) is 13.0. The molecule has 1 unspecified atom stereocenters. The molecule has 8 nitrogen and oxygen atoms in total. The smallest absolute Gasteiger partial charge is 0.343 e. The van der Waals surface area contributed by atoms with Crippen LogP contribution in [-0.4, -0.2) is 44.2 Å². The van der Waals surface area contributed by atoms with Crippen molar-refractivity contribution in [2.45, 2.75) is 72.3 Å². The Morgan fingerprint density at radius 3 is 2.26 bits per heavy atom. The molecule has 0 radical (unpaired) electrons. The second kappa shape index (κ2) is 12.9. The Morgan fingerprint density at radius 2 is 1.74 bits per heavy atom. The number of hydrogen-bond acceptors (Lipinski definition) is 7. The molecule has 0 saturated heterocycles. The minimum atomic E-state index is -2.16. The fourth-order valence-corrected chi connectivity index (χ4v) is 5.23. The second-order valence-corrected chi connectivity index (χ2v) is 16.8. The topological polar surface area (TPSA) is 91.7 Å². The summed E-state index contributed by atoms with van der Waals surface area (Å²) >= 11 is 0. The molecule has 2 aromatic heterocycles. The molecule has 42 heavy (non-hydrogen) atoms. The maximum Gasteiger partial charge on any atom is 0.343 e. The lowest BCUT2D eigenvalue weighted by Gasteiger charge is -2.38. The maximum atomic E-state index is 14.3. The first-order valence-corrected chi connectivity index (χ1v) is 16.7. The van der Waals surface area contributed by atoms with E-state index in [9.17, 15) is 22.8 Å². The van der Waals surface area contributed by atoms with Crippen LogP contribution in [0.25, 0.3) is 11.0 Å². The highest BCUT2D eigenvalue weighted by Gasteiger charge is 2.38. The summed E-state index contributed by atoms with van der Waals surface area (Å²) in [6.45, 7) is 16.5. The molecule has 1 atom stereocenters. The van der Waals surface area contributed by atoms with E-state index in [1.165, 1.54) is 19.4 Å². The van der Waals surface area contributed by atoms with Crippen LogP contribution >= 0.6 is 0 Å². The van der Waals surface area contributed by atoms with Crippen molar-refractivity contribution in [3.05, 3.63) is 63.2 Å². The molecular formula is C30H40F3N3O5Si.